The molecule has 3 rings (SSSR count). The lowest BCUT2D eigenvalue weighted by Crippen LogP contribution is -2.41. The SMILES string of the molecule is O=C(CN(Cc1ccc(F)cc1)S(=O)(=O)c1ccc(Cl)cc1)NCCCN1CCOCC1. The second kappa shape index (κ2) is 11.7. The Labute approximate surface area is 193 Å². The average Bonchev–Trinajstić information content (AvgIpc) is 2.79. The second-order valence-electron chi connectivity index (χ2n) is 7.51. The summed E-state index contributed by atoms with van der Waals surface area (Å²) in [4.78, 5) is 14.8. The van der Waals surface area contributed by atoms with Gasteiger partial charge in [-0.1, -0.05) is 23.7 Å². The van der Waals surface area contributed by atoms with Crippen LogP contribution in [0.5, 0.6) is 0 Å². The highest BCUT2D eigenvalue weighted by atomic mass is 35.5. The number of sulfonamides is 1. The molecule has 1 aliphatic heterocycles. The molecule has 2 aromatic rings. The molecule has 1 saturated heterocycles. The van der Waals surface area contributed by atoms with Crippen molar-refractivity contribution in [1.82, 2.24) is 14.5 Å². The Hall–Kier alpha value is -2.04. The Morgan fingerprint density at radius 3 is 2.41 bits per heavy atom. The molecule has 1 aliphatic rings. The molecule has 32 heavy (non-hydrogen) atoms. The number of carbonyl (C=O) groups excluding carboxylic acids is 1. The summed E-state index contributed by atoms with van der Waals surface area (Å²) < 4.78 is 46.1. The van der Waals surface area contributed by atoms with Crippen LogP contribution in [0.1, 0.15) is 12.0 Å². The van der Waals surface area contributed by atoms with E-state index in [9.17, 15) is 17.6 Å². The first kappa shape index (κ1) is 24.6. The van der Waals surface area contributed by atoms with Gasteiger partial charge in [0.05, 0.1) is 24.7 Å². The summed E-state index contributed by atoms with van der Waals surface area (Å²) in [5, 5.41) is 3.21. The zero-order chi connectivity index (χ0) is 23.0. The van der Waals surface area contributed by atoms with Crippen molar-refractivity contribution in [2.45, 2.75) is 17.9 Å². The van der Waals surface area contributed by atoms with Gasteiger partial charge in [0.1, 0.15) is 5.82 Å². The molecule has 0 unspecified atom stereocenters. The average molecular weight is 484 g/mol. The molecule has 1 amide bonds. The number of halogens is 2. The number of benzene rings is 2. The first-order chi connectivity index (χ1) is 15.3. The molecule has 0 radical (unpaired) electrons. The van der Waals surface area contributed by atoms with Crippen molar-refractivity contribution < 1.29 is 22.3 Å². The van der Waals surface area contributed by atoms with E-state index in [4.69, 9.17) is 16.3 Å². The van der Waals surface area contributed by atoms with Crippen LogP contribution in [-0.2, 0) is 26.1 Å². The maximum Gasteiger partial charge on any atom is 0.243 e. The summed E-state index contributed by atoms with van der Waals surface area (Å²) in [5.41, 5.74) is 0.573. The third-order valence-corrected chi connectivity index (χ3v) is 7.18. The van der Waals surface area contributed by atoms with E-state index < -0.39 is 21.7 Å². The summed E-state index contributed by atoms with van der Waals surface area (Å²) in [5.74, 6) is -0.814. The van der Waals surface area contributed by atoms with E-state index in [1.807, 2.05) is 0 Å². The van der Waals surface area contributed by atoms with Crippen molar-refractivity contribution in [2.75, 3.05) is 45.9 Å². The van der Waals surface area contributed by atoms with Crippen molar-refractivity contribution in [3.63, 3.8) is 0 Å². The van der Waals surface area contributed by atoms with Crippen LogP contribution in [0.2, 0.25) is 5.02 Å². The lowest BCUT2D eigenvalue weighted by atomic mass is 10.2. The summed E-state index contributed by atoms with van der Waals surface area (Å²) in [6, 6.07) is 11.3. The smallest absolute Gasteiger partial charge is 0.243 e. The second-order valence-corrected chi connectivity index (χ2v) is 9.89. The van der Waals surface area contributed by atoms with Gasteiger partial charge in [-0.15, -0.1) is 0 Å². The summed E-state index contributed by atoms with van der Waals surface area (Å²) in [6.07, 6.45) is 0.758. The quantitative estimate of drug-likeness (QED) is 0.525. The normalized spacial score (nSPS) is 15.1. The van der Waals surface area contributed by atoms with Crippen LogP contribution in [0, 0.1) is 5.82 Å². The molecular formula is C22H27ClFN3O4S. The van der Waals surface area contributed by atoms with Crippen molar-refractivity contribution in [3.05, 3.63) is 64.9 Å². The fourth-order valence-corrected chi connectivity index (χ4v) is 4.86. The third-order valence-electron chi connectivity index (χ3n) is 5.12. The third kappa shape index (κ3) is 7.25. The standard InChI is InChI=1S/C22H27ClFN3O4S/c23-19-4-8-21(9-5-19)32(29,30)27(16-18-2-6-20(24)7-3-18)17-22(28)25-10-1-11-26-12-14-31-15-13-26/h2-9H,1,10-17H2,(H,25,28). The van der Waals surface area contributed by atoms with Gasteiger partial charge in [0.25, 0.3) is 0 Å². The van der Waals surface area contributed by atoms with Crippen molar-refractivity contribution in [3.8, 4) is 0 Å². The number of ether oxygens (including phenoxy) is 1. The molecule has 7 nitrogen and oxygen atoms in total. The number of nitrogens with zero attached hydrogens (tertiary/aromatic N) is 2. The molecule has 2 aromatic carbocycles. The van der Waals surface area contributed by atoms with Crippen LogP contribution < -0.4 is 5.32 Å². The number of amides is 1. The highest BCUT2D eigenvalue weighted by molar-refractivity contribution is 7.89. The van der Waals surface area contributed by atoms with E-state index in [-0.39, 0.29) is 18.0 Å². The van der Waals surface area contributed by atoms with Gasteiger partial charge < -0.3 is 10.1 Å². The fraction of sp³-hybridized carbons (Fsp3) is 0.409. The fourth-order valence-electron chi connectivity index (χ4n) is 3.35. The Morgan fingerprint density at radius 2 is 1.75 bits per heavy atom. The van der Waals surface area contributed by atoms with Crippen LogP contribution in [0.4, 0.5) is 4.39 Å². The first-order valence-electron chi connectivity index (χ1n) is 10.4. The molecule has 1 heterocycles. The van der Waals surface area contributed by atoms with Crippen LogP contribution >= 0.6 is 11.6 Å². The van der Waals surface area contributed by atoms with Gasteiger partial charge in [0, 0.05) is 31.2 Å². The number of hydrogen-bond acceptors (Lipinski definition) is 5. The van der Waals surface area contributed by atoms with Crippen LogP contribution in [0.25, 0.3) is 0 Å². The molecule has 1 fully saturated rings. The zero-order valence-corrected chi connectivity index (χ0v) is 19.2. The molecule has 1 N–H and O–H groups in total. The lowest BCUT2D eigenvalue weighted by Gasteiger charge is -2.26. The molecule has 0 aliphatic carbocycles. The molecular weight excluding hydrogens is 457 g/mol. The van der Waals surface area contributed by atoms with Gasteiger partial charge in [-0.3, -0.25) is 9.69 Å². The zero-order valence-electron chi connectivity index (χ0n) is 17.7. The van der Waals surface area contributed by atoms with Crippen molar-refractivity contribution >= 4 is 27.5 Å². The Kier molecular flexibility index (Phi) is 9.01. The van der Waals surface area contributed by atoms with Crippen LogP contribution in [-0.4, -0.2) is 69.5 Å². The monoisotopic (exact) mass is 483 g/mol. The maximum atomic E-state index is 13.3. The van der Waals surface area contributed by atoms with E-state index in [2.05, 4.69) is 10.2 Å². The number of rotatable bonds is 10. The molecule has 174 valence electrons. The highest BCUT2D eigenvalue weighted by Gasteiger charge is 2.27. The topological polar surface area (TPSA) is 79.0 Å². The molecule has 0 bridgehead atoms. The number of morpholine rings is 1. The number of hydrogen-bond donors (Lipinski definition) is 1. The largest absolute Gasteiger partial charge is 0.379 e. The molecule has 0 saturated carbocycles. The predicted molar refractivity (Wildman–Crippen MR) is 120 cm³/mol. The minimum absolute atomic E-state index is 0.0316. The molecule has 0 aromatic heterocycles. The van der Waals surface area contributed by atoms with Crippen LogP contribution in [0.3, 0.4) is 0 Å². The van der Waals surface area contributed by atoms with E-state index in [1.165, 1.54) is 48.5 Å². The number of carbonyl (C=O) groups is 1. The first-order valence-corrected chi connectivity index (χ1v) is 12.2. The van der Waals surface area contributed by atoms with Gasteiger partial charge in [0.2, 0.25) is 15.9 Å². The van der Waals surface area contributed by atoms with Crippen molar-refractivity contribution in [1.29, 1.82) is 0 Å². The van der Waals surface area contributed by atoms with E-state index >= 15 is 0 Å². The van der Waals surface area contributed by atoms with Crippen molar-refractivity contribution in [2.24, 2.45) is 0 Å². The Bertz CT molecular complexity index is 981. The van der Waals surface area contributed by atoms with E-state index in [0.29, 0.717) is 30.3 Å². The predicted octanol–water partition coefficient (Wildman–Crippen LogP) is 2.51. The Morgan fingerprint density at radius 1 is 1.09 bits per heavy atom. The minimum atomic E-state index is -3.97. The van der Waals surface area contributed by atoms with Gasteiger partial charge in [-0.25, -0.2) is 12.8 Å². The van der Waals surface area contributed by atoms with Gasteiger partial charge in [-0.2, -0.15) is 4.31 Å². The lowest BCUT2D eigenvalue weighted by molar-refractivity contribution is -0.121. The minimum Gasteiger partial charge on any atom is -0.379 e. The highest BCUT2D eigenvalue weighted by Crippen LogP contribution is 2.20. The van der Waals surface area contributed by atoms with Gasteiger partial charge in [0.15, 0.2) is 0 Å². The van der Waals surface area contributed by atoms with Gasteiger partial charge >= 0.3 is 0 Å². The molecule has 10 heteroatoms. The molecule has 0 atom stereocenters. The summed E-state index contributed by atoms with van der Waals surface area (Å²) >= 11 is 5.88. The Balaban J connectivity index is 1.64. The van der Waals surface area contributed by atoms with Crippen LogP contribution in [0.15, 0.2) is 53.4 Å². The summed E-state index contributed by atoms with van der Waals surface area (Å²) in [7, 11) is -3.97. The molecule has 0 spiro atoms. The van der Waals surface area contributed by atoms with E-state index in [0.717, 1.165) is 30.4 Å². The number of nitrogens with one attached hydrogen (secondary N) is 1. The maximum absolute atomic E-state index is 13.3. The van der Waals surface area contributed by atoms with Gasteiger partial charge in [-0.05, 0) is 54.9 Å². The summed E-state index contributed by atoms with van der Waals surface area (Å²) in [6.45, 7) is 4.05. The van der Waals surface area contributed by atoms with E-state index in [1.54, 1.807) is 0 Å².